The number of aryl methyl sites for hydroxylation is 1. The third-order valence-electron chi connectivity index (χ3n) is 1.82. The van der Waals surface area contributed by atoms with Crippen molar-refractivity contribution in [3.63, 3.8) is 0 Å². The molecule has 74 valence electrons. The maximum atomic E-state index is 8.62. The summed E-state index contributed by atoms with van der Waals surface area (Å²) < 4.78 is 5.40. The van der Waals surface area contributed by atoms with Crippen molar-refractivity contribution in [2.24, 2.45) is 5.73 Å². The first-order chi connectivity index (χ1) is 6.29. The van der Waals surface area contributed by atoms with Gasteiger partial charge >= 0.3 is 0 Å². The standard InChI is InChI=1S/C9H15NO2S/c1-7-2-5-13-9(7)8(6-10)12-4-3-11/h2,5,8,11H,3-4,6,10H2,1H3. The summed E-state index contributed by atoms with van der Waals surface area (Å²) >= 11 is 1.65. The Hall–Kier alpha value is -0.420. The summed E-state index contributed by atoms with van der Waals surface area (Å²) in [6.45, 7) is 2.89. The van der Waals surface area contributed by atoms with Gasteiger partial charge in [0.05, 0.1) is 13.2 Å². The maximum absolute atomic E-state index is 8.62. The van der Waals surface area contributed by atoms with Crippen LogP contribution in [0.3, 0.4) is 0 Å². The van der Waals surface area contributed by atoms with Crippen LogP contribution in [0.15, 0.2) is 11.4 Å². The van der Waals surface area contributed by atoms with Crippen LogP contribution in [0, 0.1) is 6.92 Å². The average Bonchev–Trinajstić information content (AvgIpc) is 2.54. The average molecular weight is 201 g/mol. The van der Waals surface area contributed by atoms with E-state index in [0.29, 0.717) is 13.2 Å². The Morgan fingerprint density at radius 2 is 2.46 bits per heavy atom. The van der Waals surface area contributed by atoms with Gasteiger partial charge in [-0.25, -0.2) is 0 Å². The van der Waals surface area contributed by atoms with E-state index in [4.69, 9.17) is 15.6 Å². The molecule has 1 rings (SSSR count). The molecule has 13 heavy (non-hydrogen) atoms. The molecule has 0 aliphatic carbocycles. The third kappa shape index (κ3) is 2.77. The second-order valence-electron chi connectivity index (χ2n) is 2.79. The predicted octanol–water partition coefficient (Wildman–Crippen LogP) is 1.07. The van der Waals surface area contributed by atoms with Crippen molar-refractivity contribution < 1.29 is 9.84 Å². The van der Waals surface area contributed by atoms with E-state index < -0.39 is 0 Å². The molecule has 0 saturated heterocycles. The number of aliphatic hydroxyl groups excluding tert-OH is 1. The van der Waals surface area contributed by atoms with Crippen LogP contribution in [0.5, 0.6) is 0 Å². The van der Waals surface area contributed by atoms with Crippen molar-refractivity contribution in [1.29, 1.82) is 0 Å². The maximum Gasteiger partial charge on any atom is 0.104 e. The minimum Gasteiger partial charge on any atom is -0.394 e. The number of hydrogen-bond donors (Lipinski definition) is 2. The highest BCUT2D eigenvalue weighted by molar-refractivity contribution is 7.10. The van der Waals surface area contributed by atoms with Crippen molar-refractivity contribution in [2.75, 3.05) is 19.8 Å². The van der Waals surface area contributed by atoms with Crippen molar-refractivity contribution in [2.45, 2.75) is 13.0 Å². The van der Waals surface area contributed by atoms with Gasteiger partial charge in [0, 0.05) is 11.4 Å². The minimum absolute atomic E-state index is 0.0426. The lowest BCUT2D eigenvalue weighted by Gasteiger charge is -2.14. The van der Waals surface area contributed by atoms with Gasteiger partial charge in [-0.3, -0.25) is 0 Å². The lowest BCUT2D eigenvalue weighted by Crippen LogP contribution is -2.17. The second-order valence-corrected chi connectivity index (χ2v) is 3.73. The molecule has 0 spiro atoms. The summed E-state index contributed by atoms with van der Waals surface area (Å²) in [5, 5.41) is 10.6. The zero-order valence-electron chi connectivity index (χ0n) is 7.69. The summed E-state index contributed by atoms with van der Waals surface area (Å²) in [5.74, 6) is 0. The normalized spacial score (nSPS) is 13.2. The summed E-state index contributed by atoms with van der Waals surface area (Å²) in [6, 6.07) is 2.05. The van der Waals surface area contributed by atoms with E-state index in [0.717, 1.165) is 4.88 Å². The third-order valence-corrected chi connectivity index (χ3v) is 2.93. The van der Waals surface area contributed by atoms with Gasteiger partial charge in [-0.05, 0) is 23.9 Å². The summed E-state index contributed by atoms with van der Waals surface area (Å²) in [5.41, 5.74) is 6.78. The van der Waals surface area contributed by atoms with Crippen LogP contribution >= 0.6 is 11.3 Å². The fourth-order valence-electron chi connectivity index (χ4n) is 1.16. The first-order valence-electron chi connectivity index (χ1n) is 4.26. The Morgan fingerprint density at radius 3 is 2.92 bits per heavy atom. The van der Waals surface area contributed by atoms with Crippen LogP contribution < -0.4 is 5.73 Å². The van der Waals surface area contributed by atoms with Crippen LogP contribution in [0.4, 0.5) is 0 Å². The molecule has 0 fully saturated rings. The van der Waals surface area contributed by atoms with Crippen LogP contribution in [0.2, 0.25) is 0 Å². The molecule has 0 radical (unpaired) electrons. The van der Waals surface area contributed by atoms with Gasteiger partial charge in [0.2, 0.25) is 0 Å². The molecule has 0 amide bonds. The molecule has 0 saturated carbocycles. The zero-order valence-corrected chi connectivity index (χ0v) is 8.51. The topological polar surface area (TPSA) is 55.5 Å². The Labute approximate surface area is 82.1 Å². The molecule has 0 aliphatic rings. The van der Waals surface area contributed by atoms with Crippen molar-refractivity contribution in [3.8, 4) is 0 Å². The molecule has 0 aromatic carbocycles. The van der Waals surface area contributed by atoms with Gasteiger partial charge in [-0.15, -0.1) is 11.3 Å². The number of rotatable bonds is 5. The molecule has 4 heteroatoms. The van der Waals surface area contributed by atoms with Gasteiger partial charge < -0.3 is 15.6 Å². The summed E-state index contributed by atoms with van der Waals surface area (Å²) in [7, 11) is 0. The number of aliphatic hydroxyl groups is 1. The zero-order chi connectivity index (χ0) is 9.68. The number of ether oxygens (including phenoxy) is 1. The molecule has 1 atom stereocenters. The summed E-state index contributed by atoms with van der Waals surface area (Å²) in [6.07, 6.45) is -0.0628. The monoisotopic (exact) mass is 201 g/mol. The number of thiophene rings is 1. The molecule has 1 aromatic heterocycles. The fourth-order valence-corrected chi connectivity index (χ4v) is 2.15. The Bertz CT molecular complexity index is 250. The highest BCUT2D eigenvalue weighted by Crippen LogP contribution is 2.25. The summed E-state index contributed by atoms with van der Waals surface area (Å²) in [4.78, 5) is 1.16. The molecule has 3 nitrogen and oxygen atoms in total. The van der Waals surface area contributed by atoms with E-state index >= 15 is 0 Å². The van der Waals surface area contributed by atoms with Gasteiger partial charge in [0.15, 0.2) is 0 Å². The minimum atomic E-state index is -0.0628. The largest absolute Gasteiger partial charge is 0.394 e. The van der Waals surface area contributed by atoms with Crippen molar-refractivity contribution >= 4 is 11.3 Å². The SMILES string of the molecule is Cc1ccsc1C(CN)OCCO. The molecule has 1 heterocycles. The van der Waals surface area contributed by atoms with Crippen LogP contribution in [-0.4, -0.2) is 24.9 Å². The molecular weight excluding hydrogens is 186 g/mol. The smallest absolute Gasteiger partial charge is 0.104 e. The van der Waals surface area contributed by atoms with Crippen molar-refractivity contribution in [1.82, 2.24) is 0 Å². The molecule has 0 aliphatic heterocycles. The number of hydrogen-bond acceptors (Lipinski definition) is 4. The van der Waals surface area contributed by atoms with E-state index in [9.17, 15) is 0 Å². The second kappa shape index (κ2) is 5.34. The molecule has 0 bridgehead atoms. The Kier molecular flexibility index (Phi) is 4.38. The quantitative estimate of drug-likeness (QED) is 0.749. The van der Waals surface area contributed by atoms with Crippen LogP contribution in [0.1, 0.15) is 16.5 Å². The van der Waals surface area contributed by atoms with E-state index in [1.807, 2.05) is 18.4 Å². The Balaban J connectivity index is 2.61. The van der Waals surface area contributed by atoms with Crippen LogP contribution in [-0.2, 0) is 4.74 Å². The molecular formula is C9H15NO2S. The number of nitrogens with two attached hydrogens (primary N) is 1. The molecule has 1 aromatic rings. The van der Waals surface area contributed by atoms with Gasteiger partial charge in [0.1, 0.15) is 6.10 Å². The van der Waals surface area contributed by atoms with Crippen molar-refractivity contribution in [3.05, 3.63) is 21.9 Å². The Morgan fingerprint density at radius 1 is 1.69 bits per heavy atom. The van der Waals surface area contributed by atoms with Gasteiger partial charge in [-0.1, -0.05) is 0 Å². The lowest BCUT2D eigenvalue weighted by atomic mass is 10.2. The predicted molar refractivity (Wildman–Crippen MR) is 53.9 cm³/mol. The first kappa shape index (κ1) is 10.7. The lowest BCUT2D eigenvalue weighted by molar-refractivity contribution is 0.0345. The van der Waals surface area contributed by atoms with E-state index in [-0.39, 0.29) is 12.7 Å². The fraction of sp³-hybridized carbons (Fsp3) is 0.556. The van der Waals surface area contributed by atoms with E-state index in [2.05, 4.69) is 0 Å². The highest BCUT2D eigenvalue weighted by Gasteiger charge is 2.13. The van der Waals surface area contributed by atoms with E-state index in [1.165, 1.54) is 5.56 Å². The first-order valence-corrected chi connectivity index (χ1v) is 5.14. The van der Waals surface area contributed by atoms with Gasteiger partial charge in [0.25, 0.3) is 0 Å². The molecule has 3 N–H and O–H groups in total. The molecule has 1 unspecified atom stereocenters. The van der Waals surface area contributed by atoms with Gasteiger partial charge in [-0.2, -0.15) is 0 Å². The highest BCUT2D eigenvalue weighted by atomic mass is 32.1. The van der Waals surface area contributed by atoms with Crippen LogP contribution in [0.25, 0.3) is 0 Å². The van der Waals surface area contributed by atoms with E-state index in [1.54, 1.807) is 11.3 Å².